The zero-order valence-corrected chi connectivity index (χ0v) is 18.3. The minimum atomic E-state index is 0.216. The summed E-state index contributed by atoms with van der Waals surface area (Å²) in [5, 5.41) is 3.33. The number of amides is 1. The van der Waals surface area contributed by atoms with E-state index in [0.717, 1.165) is 64.7 Å². The summed E-state index contributed by atoms with van der Waals surface area (Å²) in [5.41, 5.74) is 5.68. The third-order valence-corrected chi connectivity index (χ3v) is 6.63. The van der Waals surface area contributed by atoms with Crippen LogP contribution < -0.4 is 10.2 Å². The third-order valence-electron chi connectivity index (χ3n) is 6.63. The van der Waals surface area contributed by atoms with E-state index < -0.39 is 0 Å². The molecule has 0 spiro atoms. The first kappa shape index (κ1) is 20.9. The molecule has 4 heteroatoms. The van der Waals surface area contributed by atoms with Gasteiger partial charge in [-0.25, -0.2) is 0 Å². The number of fused-ring (bicyclic) bond motifs is 1. The predicted octanol–water partition coefficient (Wildman–Crippen LogP) is 3.82. The number of aryl methyl sites for hydroxylation is 2. The van der Waals surface area contributed by atoms with Crippen molar-refractivity contribution >= 4 is 11.6 Å². The summed E-state index contributed by atoms with van der Waals surface area (Å²) < 4.78 is 0. The zero-order valence-electron chi connectivity index (χ0n) is 18.3. The van der Waals surface area contributed by atoms with Crippen LogP contribution in [0, 0.1) is 0 Å². The van der Waals surface area contributed by atoms with E-state index in [-0.39, 0.29) is 11.9 Å². The molecule has 0 unspecified atom stereocenters. The predicted molar refractivity (Wildman–Crippen MR) is 124 cm³/mol. The summed E-state index contributed by atoms with van der Waals surface area (Å²) in [4.78, 5) is 17.5. The maximum absolute atomic E-state index is 12.5. The van der Waals surface area contributed by atoms with Crippen LogP contribution in [-0.2, 0) is 24.1 Å². The van der Waals surface area contributed by atoms with Crippen molar-refractivity contribution in [2.75, 3.05) is 38.1 Å². The topological polar surface area (TPSA) is 35.6 Å². The van der Waals surface area contributed by atoms with Gasteiger partial charge in [-0.3, -0.25) is 4.79 Å². The van der Waals surface area contributed by atoms with Gasteiger partial charge in [0.25, 0.3) is 0 Å². The Hall–Kier alpha value is -2.33. The van der Waals surface area contributed by atoms with Crippen molar-refractivity contribution in [1.29, 1.82) is 0 Å². The second-order valence-corrected chi connectivity index (χ2v) is 8.91. The molecule has 2 aromatic carbocycles. The molecular formula is C26H35N3O. The lowest BCUT2D eigenvalue weighted by Gasteiger charge is -2.37. The number of piperazine rings is 1. The minimum absolute atomic E-state index is 0.216. The first-order chi connectivity index (χ1) is 14.7. The molecule has 1 N–H and O–H groups in total. The monoisotopic (exact) mass is 405 g/mol. The van der Waals surface area contributed by atoms with Crippen LogP contribution in [-0.4, -0.2) is 50.1 Å². The molecule has 1 saturated heterocycles. The minimum Gasteiger partial charge on any atom is -0.369 e. The molecule has 1 aliphatic carbocycles. The molecule has 1 heterocycles. The van der Waals surface area contributed by atoms with E-state index in [1.807, 2.05) is 0 Å². The van der Waals surface area contributed by atoms with Gasteiger partial charge < -0.3 is 15.1 Å². The van der Waals surface area contributed by atoms with Gasteiger partial charge in [-0.1, -0.05) is 42.5 Å². The Bertz CT molecular complexity index is 827. The van der Waals surface area contributed by atoms with Gasteiger partial charge in [0.15, 0.2) is 0 Å². The highest BCUT2D eigenvalue weighted by atomic mass is 16.1. The van der Waals surface area contributed by atoms with Gasteiger partial charge in [-0.15, -0.1) is 0 Å². The molecule has 160 valence electrons. The lowest BCUT2D eigenvalue weighted by molar-refractivity contribution is -0.122. The molecule has 1 amide bonds. The fraction of sp³-hybridized carbons (Fsp3) is 0.500. The van der Waals surface area contributed by atoms with Gasteiger partial charge in [-0.2, -0.15) is 0 Å². The van der Waals surface area contributed by atoms with Crippen molar-refractivity contribution in [3.63, 3.8) is 0 Å². The Morgan fingerprint density at radius 2 is 1.80 bits per heavy atom. The largest absolute Gasteiger partial charge is 0.369 e. The Kier molecular flexibility index (Phi) is 7.06. The molecule has 1 fully saturated rings. The maximum atomic E-state index is 12.5. The van der Waals surface area contributed by atoms with Crippen molar-refractivity contribution in [2.24, 2.45) is 0 Å². The lowest BCUT2D eigenvalue weighted by Crippen LogP contribution is -2.45. The summed E-state index contributed by atoms with van der Waals surface area (Å²) in [7, 11) is 2.20. The summed E-state index contributed by atoms with van der Waals surface area (Å²) >= 11 is 0. The van der Waals surface area contributed by atoms with Crippen LogP contribution in [0.15, 0.2) is 48.5 Å². The Morgan fingerprint density at radius 1 is 1.00 bits per heavy atom. The number of unbranched alkanes of at least 4 members (excludes halogenated alkanes) is 1. The molecule has 4 rings (SSSR count). The highest BCUT2D eigenvalue weighted by Gasteiger charge is 2.25. The average Bonchev–Trinajstić information content (AvgIpc) is 2.78. The fourth-order valence-corrected chi connectivity index (χ4v) is 4.80. The number of anilines is 1. The molecule has 2 aliphatic rings. The molecule has 4 nitrogen and oxygen atoms in total. The number of nitrogens with one attached hydrogen (secondary N) is 1. The van der Waals surface area contributed by atoms with Gasteiger partial charge in [0.05, 0.1) is 0 Å². The zero-order chi connectivity index (χ0) is 20.8. The van der Waals surface area contributed by atoms with E-state index in [1.165, 1.54) is 22.4 Å². The first-order valence-electron chi connectivity index (χ1n) is 11.6. The van der Waals surface area contributed by atoms with Crippen LogP contribution in [0.25, 0.3) is 0 Å². The Balaban J connectivity index is 1.28. The molecule has 30 heavy (non-hydrogen) atoms. The number of carbonyl (C=O) groups excluding carboxylic acids is 1. The van der Waals surface area contributed by atoms with E-state index >= 15 is 0 Å². The number of benzene rings is 2. The number of likely N-dealkylation sites (N-methyl/N-ethyl adjacent to an activating group) is 1. The molecule has 0 aromatic heterocycles. The second kappa shape index (κ2) is 10.1. The van der Waals surface area contributed by atoms with E-state index in [4.69, 9.17) is 0 Å². The highest BCUT2D eigenvalue weighted by molar-refractivity contribution is 5.76. The van der Waals surface area contributed by atoms with Crippen LogP contribution in [0.3, 0.4) is 0 Å². The van der Waals surface area contributed by atoms with Crippen molar-refractivity contribution < 1.29 is 4.79 Å². The fourth-order valence-electron chi connectivity index (χ4n) is 4.80. The van der Waals surface area contributed by atoms with Gasteiger partial charge in [0, 0.05) is 44.3 Å². The molecule has 1 aliphatic heterocycles. The molecular weight excluding hydrogens is 370 g/mol. The van der Waals surface area contributed by atoms with Crippen LogP contribution in [0.4, 0.5) is 5.69 Å². The van der Waals surface area contributed by atoms with Crippen molar-refractivity contribution in [3.8, 4) is 0 Å². The summed E-state index contributed by atoms with van der Waals surface area (Å²) in [6, 6.07) is 17.6. The maximum Gasteiger partial charge on any atom is 0.220 e. The SMILES string of the molecule is CN1CCN(c2cccc3c2C[C@H](NC(=O)CCCCc2ccccc2)CC3)CC1. The number of hydrogen-bond acceptors (Lipinski definition) is 3. The van der Waals surface area contributed by atoms with E-state index in [1.54, 1.807) is 0 Å². The molecule has 0 radical (unpaired) electrons. The summed E-state index contributed by atoms with van der Waals surface area (Å²) in [6.45, 7) is 4.41. The Labute approximate surface area is 181 Å². The first-order valence-corrected chi connectivity index (χ1v) is 11.6. The average molecular weight is 406 g/mol. The highest BCUT2D eigenvalue weighted by Crippen LogP contribution is 2.31. The van der Waals surface area contributed by atoms with E-state index in [2.05, 4.69) is 70.7 Å². The molecule has 1 atom stereocenters. The quantitative estimate of drug-likeness (QED) is 0.711. The van der Waals surface area contributed by atoms with Gasteiger partial charge in [0.2, 0.25) is 5.91 Å². The van der Waals surface area contributed by atoms with Gasteiger partial charge in [-0.05, 0) is 68.3 Å². The standard InChI is InChI=1S/C26H35N3O/c1-28-16-18-29(19-17-28)25-12-7-11-22-14-15-23(20-24(22)25)27-26(30)13-6-5-10-21-8-3-2-4-9-21/h2-4,7-9,11-12,23H,5-6,10,13-20H2,1H3,(H,27,30)/t23-/m1/s1. The number of carbonyl (C=O) groups is 1. The van der Waals surface area contributed by atoms with Crippen molar-refractivity contribution in [1.82, 2.24) is 10.2 Å². The number of hydrogen-bond donors (Lipinski definition) is 1. The van der Waals surface area contributed by atoms with Gasteiger partial charge in [0.1, 0.15) is 0 Å². The molecule has 0 bridgehead atoms. The third kappa shape index (κ3) is 5.42. The van der Waals surface area contributed by atoms with Crippen molar-refractivity contribution in [2.45, 2.75) is 51.0 Å². The van der Waals surface area contributed by atoms with Gasteiger partial charge >= 0.3 is 0 Å². The second-order valence-electron chi connectivity index (χ2n) is 8.91. The van der Waals surface area contributed by atoms with Crippen LogP contribution >= 0.6 is 0 Å². The number of rotatable bonds is 7. The molecule has 2 aromatic rings. The lowest BCUT2D eigenvalue weighted by atomic mass is 9.86. The van der Waals surface area contributed by atoms with Crippen LogP contribution in [0.1, 0.15) is 42.4 Å². The van der Waals surface area contributed by atoms with E-state index in [0.29, 0.717) is 6.42 Å². The number of nitrogens with zero attached hydrogens (tertiary/aromatic N) is 2. The Morgan fingerprint density at radius 3 is 2.60 bits per heavy atom. The smallest absolute Gasteiger partial charge is 0.220 e. The van der Waals surface area contributed by atoms with E-state index in [9.17, 15) is 4.79 Å². The van der Waals surface area contributed by atoms with Crippen LogP contribution in [0.2, 0.25) is 0 Å². The van der Waals surface area contributed by atoms with Crippen LogP contribution in [0.5, 0.6) is 0 Å². The summed E-state index contributed by atoms with van der Waals surface area (Å²) in [6.07, 6.45) is 6.79. The van der Waals surface area contributed by atoms with Crippen molar-refractivity contribution in [3.05, 3.63) is 65.2 Å². The normalized spacial score (nSPS) is 19.4. The molecule has 0 saturated carbocycles. The summed E-state index contributed by atoms with van der Waals surface area (Å²) in [5.74, 6) is 0.216.